The van der Waals surface area contributed by atoms with Gasteiger partial charge in [0.2, 0.25) is 0 Å². The van der Waals surface area contributed by atoms with E-state index in [2.05, 4.69) is 0 Å². The summed E-state index contributed by atoms with van der Waals surface area (Å²) < 4.78 is 11.4. The number of ether oxygens (including phenoxy) is 2. The zero-order chi connectivity index (χ0) is 13.7. The highest BCUT2D eigenvalue weighted by molar-refractivity contribution is 5.79. The minimum Gasteiger partial charge on any atom is -0.393 e. The molecular weight excluding hydrogens is 244 g/mol. The summed E-state index contributed by atoms with van der Waals surface area (Å²) in [5.41, 5.74) is 0.968. The Morgan fingerprint density at radius 1 is 1.42 bits per heavy atom. The van der Waals surface area contributed by atoms with Crippen LogP contribution in [0, 0.1) is 0 Å². The number of hydrogen-bond acceptors (Lipinski definition) is 4. The molecule has 0 spiro atoms. The second-order valence-corrected chi connectivity index (χ2v) is 4.96. The molecule has 4 heteroatoms. The molecule has 0 saturated carbocycles. The molecule has 1 fully saturated rings. The third kappa shape index (κ3) is 4.42. The Morgan fingerprint density at radius 3 is 2.84 bits per heavy atom. The average molecular weight is 264 g/mol. The van der Waals surface area contributed by atoms with E-state index >= 15 is 0 Å². The number of Topliss-reactive ketones (excluding diaryl/α,β-unsaturated/α-hetero) is 1. The summed E-state index contributed by atoms with van der Waals surface area (Å²) in [7, 11) is 0. The molecule has 0 aliphatic carbocycles. The summed E-state index contributed by atoms with van der Waals surface area (Å²) in [4.78, 5) is 11.7. The molecule has 0 bridgehead atoms. The fourth-order valence-electron chi connectivity index (χ4n) is 2.19. The first-order valence-corrected chi connectivity index (χ1v) is 6.67. The third-order valence-corrected chi connectivity index (χ3v) is 3.08. The highest BCUT2D eigenvalue weighted by atomic mass is 16.7. The molecule has 0 radical (unpaired) electrons. The largest absolute Gasteiger partial charge is 0.393 e. The van der Waals surface area contributed by atoms with Crippen LogP contribution in [0.25, 0.3) is 0 Å². The molecule has 4 nitrogen and oxygen atoms in total. The molecule has 0 aromatic heterocycles. The minimum absolute atomic E-state index is 0.0358. The van der Waals surface area contributed by atoms with E-state index in [1.165, 1.54) is 0 Å². The van der Waals surface area contributed by atoms with E-state index in [0.717, 1.165) is 12.0 Å². The fourth-order valence-corrected chi connectivity index (χ4v) is 2.19. The van der Waals surface area contributed by atoms with E-state index in [9.17, 15) is 9.90 Å². The number of hydrogen-bond donors (Lipinski definition) is 1. The van der Waals surface area contributed by atoms with Crippen molar-refractivity contribution in [2.75, 3.05) is 6.61 Å². The number of carbonyl (C=O) groups excluding carboxylic acids is 1. The van der Waals surface area contributed by atoms with Crippen LogP contribution in [0.15, 0.2) is 30.3 Å². The summed E-state index contributed by atoms with van der Waals surface area (Å²) in [6, 6.07) is 9.71. The van der Waals surface area contributed by atoms with Crippen molar-refractivity contribution in [1.29, 1.82) is 0 Å². The SMILES string of the molecule is C[C@@H](O)CC(=O)C[C@H]1CCO[C@@H](c2ccccc2)O1. The maximum Gasteiger partial charge on any atom is 0.184 e. The molecule has 1 aromatic carbocycles. The van der Waals surface area contributed by atoms with Gasteiger partial charge in [0.05, 0.1) is 18.8 Å². The Kier molecular flexibility index (Phi) is 5.07. The summed E-state index contributed by atoms with van der Waals surface area (Å²) in [6.45, 7) is 2.21. The van der Waals surface area contributed by atoms with Crippen molar-refractivity contribution in [3.05, 3.63) is 35.9 Å². The highest BCUT2D eigenvalue weighted by Gasteiger charge is 2.26. The standard InChI is InChI=1S/C15H20O4/c1-11(16)9-13(17)10-14-7-8-18-15(19-14)12-5-3-2-4-6-12/h2-6,11,14-16H,7-10H2,1H3/t11-,14-,15-/m1/s1. The molecule has 3 atom stereocenters. The van der Waals surface area contributed by atoms with Gasteiger partial charge in [-0.05, 0) is 13.3 Å². The Labute approximate surface area is 113 Å². The van der Waals surface area contributed by atoms with Crippen molar-refractivity contribution in [2.24, 2.45) is 0 Å². The van der Waals surface area contributed by atoms with Crippen LogP contribution in [0.1, 0.15) is 38.0 Å². The van der Waals surface area contributed by atoms with Gasteiger partial charge in [0.1, 0.15) is 5.78 Å². The Balaban J connectivity index is 1.89. The monoisotopic (exact) mass is 264 g/mol. The maximum atomic E-state index is 11.7. The number of ketones is 1. The number of rotatable bonds is 5. The Morgan fingerprint density at radius 2 is 2.16 bits per heavy atom. The van der Waals surface area contributed by atoms with Crippen molar-refractivity contribution in [1.82, 2.24) is 0 Å². The summed E-state index contributed by atoms with van der Waals surface area (Å²) in [5, 5.41) is 9.20. The summed E-state index contributed by atoms with van der Waals surface area (Å²) >= 11 is 0. The predicted octanol–water partition coefficient (Wildman–Crippen LogP) is 2.22. The molecule has 1 aliphatic rings. The van der Waals surface area contributed by atoms with Gasteiger partial charge in [-0.15, -0.1) is 0 Å². The van der Waals surface area contributed by atoms with Crippen molar-refractivity contribution in [2.45, 2.75) is 44.7 Å². The van der Waals surface area contributed by atoms with Crippen LogP contribution in [-0.4, -0.2) is 29.7 Å². The first-order valence-electron chi connectivity index (χ1n) is 6.67. The van der Waals surface area contributed by atoms with E-state index < -0.39 is 6.10 Å². The molecule has 1 N–H and O–H groups in total. The number of aliphatic hydroxyl groups is 1. The van der Waals surface area contributed by atoms with Crippen molar-refractivity contribution >= 4 is 5.78 Å². The predicted molar refractivity (Wildman–Crippen MR) is 70.5 cm³/mol. The lowest BCUT2D eigenvalue weighted by atomic mass is 10.0. The molecule has 2 rings (SSSR count). The second kappa shape index (κ2) is 6.80. The fraction of sp³-hybridized carbons (Fsp3) is 0.533. The molecule has 1 heterocycles. The molecular formula is C15H20O4. The first-order chi connectivity index (χ1) is 9.15. The summed E-state index contributed by atoms with van der Waals surface area (Å²) in [6.07, 6.45) is 0.158. The maximum absolute atomic E-state index is 11.7. The van der Waals surface area contributed by atoms with Gasteiger partial charge in [-0.3, -0.25) is 4.79 Å². The molecule has 1 aliphatic heterocycles. The van der Waals surface area contributed by atoms with Crippen LogP contribution in [0.5, 0.6) is 0 Å². The van der Waals surface area contributed by atoms with Crippen LogP contribution < -0.4 is 0 Å². The molecule has 104 valence electrons. The van der Waals surface area contributed by atoms with Crippen molar-refractivity contribution < 1.29 is 19.4 Å². The Hall–Kier alpha value is -1.23. The molecule has 0 unspecified atom stereocenters. The number of benzene rings is 1. The minimum atomic E-state index is -0.586. The van der Waals surface area contributed by atoms with Gasteiger partial charge in [-0.1, -0.05) is 30.3 Å². The Bertz CT molecular complexity index is 402. The zero-order valence-electron chi connectivity index (χ0n) is 11.1. The van der Waals surface area contributed by atoms with Crippen LogP contribution >= 0.6 is 0 Å². The number of carbonyl (C=O) groups is 1. The normalized spacial score (nSPS) is 24.9. The van der Waals surface area contributed by atoms with Gasteiger partial charge in [-0.2, -0.15) is 0 Å². The van der Waals surface area contributed by atoms with Gasteiger partial charge in [0.25, 0.3) is 0 Å². The quantitative estimate of drug-likeness (QED) is 0.886. The highest BCUT2D eigenvalue weighted by Crippen LogP contribution is 2.27. The van der Waals surface area contributed by atoms with E-state index in [1.807, 2.05) is 30.3 Å². The zero-order valence-corrected chi connectivity index (χ0v) is 11.1. The van der Waals surface area contributed by atoms with Crippen LogP contribution in [-0.2, 0) is 14.3 Å². The van der Waals surface area contributed by atoms with E-state index in [1.54, 1.807) is 6.92 Å². The first kappa shape index (κ1) is 14.2. The average Bonchev–Trinajstić information content (AvgIpc) is 2.39. The van der Waals surface area contributed by atoms with Gasteiger partial charge >= 0.3 is 0 Å². The topological polar surface area (TPSA) is 55.8 Å². The molecule has 1 aromatic rings. The van der Waals surface area contributed by atoms with Gasteiger partial charge in [-0.25, -0.2) is 0 Å². The molecule has 0 amide bonds. The van der Waals surface area contributed by atoms with Gasteiger partial charge in [0, 0.05) is 18.4 Å². The smallest absolute Gasteiger partial charge is 0.184 e. The lowest BCUT2D eigenvalue weighted by Gasteiger charge is -2.30. The van der Waals surface area contributed by atoms with Crippen molar-refractivity contribution in [3.63, 3.8) is 0 Å². The van der Waals surface area contributed by atoms with Crippen molar-refractivity contribution in [3.8, 4) is 0 Å². The summed E-state index contributed by atoms with van der Waals surface area (Å²) in [5.74, 6) is 0.0358. The van der Waals surface area contributed by atoms with E-state index in [0.29, 0.717) is 13.0 Å². The second-order valence-electron chi connectivity index (χ2n) is 4.96. The van der Waals surface area contributed by atoms with Crippen LogP contribution in [0.4, 0.5) is 0 Å². The van der Waals surface area contributed by atoms with Gasteiger partial charge < -0.3 is 14.6 Å². The number of aliphatic hydroxyl groups excluding tert-OH is 1. The third-order valence-electron chi connectivity index (χ3n) is 3.08. The molecule has 1 saturated heterocycles. The van der Waals surface area contributed by atoms with Gasteiger partial charge in [0.15, 0.2) is 6.29 Å². The van der Waals surface area contributed by atoms with Crippen LogP contribution in [0.2, 0.25) is 0 Å². The molecule has 19 heavy (non-hydrogen) atoms. The van der Waals surface area contributed by atoms with E-state index in [-0.39, 0.29) is 24.6 Å². The lowest BCUT2D eigenvalue weighted by Crippen LogP contribution is -2.29. The van der Waals surface area contributed by atoms with Crippen LogP contribution in [0.3, 0.4) is 0 Å². The van der Waals surface area contributed by atoms with E-state index in [4.69, 9.17) is 9.47 Å². The lowest BCUT2D eigenvalue weighted by molar-refractivity contribution is -0.217.